The second kappa shape index (κ2) is 9.04. The molecule has 2 heterocycles. The number of nitrogens with zero attached hydrogens (tertiary/aromatic N) is 1. The Morgan fingerprint density at radius 3 is 3.17 bits per heavy atom. The van der Waals surface area contributed by atoms with Gasteiger partial charge in [0.05, 0.1) is 0 Å². The molecule has 0 bridgehead atoms. The van der Waals surface area contributed by atoms with Crippen LogP contribution >= 0.6 is 0 Å². The van der Waals surface area contributed by atoms with E-state index in [0.717, 1.165) is 43.7 Å². The number of hydrogen-bond donors (Lipinski definition) is 2. The first-order valence-corrected chi connectivity index (χ1v) is 10.7. The van der Waals surface area contributed by atoms with Crippen LogP contribution in [0.1, 0.15) is 31.7 Å². The van der Waals surface area contributed by atoms with Crippen molar-refractivity contribution in [3.05, 3.63) is 96.0 Å². The van der Waals surface area contributed by atoms with Crippen molar-refractivity contribution in [2.24, 2.45) is 5.92 Å². The second-order valence-corrected chi connectivity index (χ2v) is 7.87. The van der Waals surface area contributed by atoms with Gasteiger partial charge in [0.25, 0.3) is 0 Å². The van der Waals surface area contributed by atoms with Crippen LogP contribution in [0, 0.1) is 5.92 Å². The number of fused-ring (bicyclic) bond motifs is 2. The molecule has 0 saturated carbocycles. The summed E-state index contributed by atoms with van der Waals surface area (Å²) in [6.45, 7) is 8.07. The summed E-state index contributed by atoms with van der Waals surface area (Å²) in [7, 11) is 0. The predicted octanol–water partition coefficient (Wildman–Crippen LogP) is 5.83. The summed E-state index contributed by atoms with van der Waals surface area (Å²) in [6, 6.07) is 6.79. The van der Waals surface area contributed by atoms with Crippen molar-refractivity contribution < 1.29 is 0 Å². The highest BCUT2D eigenvalue weighted by atomic mass is 15.1. The van der Waals surface area contributed by atoms with E-state index in [4.69, 9.17) is 0 Å². The molecule has 0 amide bonds. The molecule has 150 valence electrons. The molecule has 3 aliphatic rings. The summed E-state index contributed by atoms with van der Waals surface area (Å²) in [4.78, 5) is 2.57. The van der Waals surface area contributed by atoms with Gasteiger partial charge in [0.2, 0.25) is 0 Å². The van der Waals surface area contributed by atoms with E-state index in [-0.39, 0.29) is 0 Å². The van der Waals surface area contributed by atoms with Crippen molar-refractivity contribution in [1.29, 1.82) is 0 Å². The molecule has 4 rings (SSSR count). The van der Waals surface area contributed by atoms with Crippen molar-refractivity contribution in [3.8, 4) is 0 Å². The third-order valence-electron chi connectivity index (χ3n) is 5.93. The maximum atomic E-state index is 3.81. The van der Waals surface area contributed by atoms with E-state index in [2.05, 4.69) is 70.8 Å². The zero-order valence-electron chi connectivity index (χ0n) is 17.3. The summed E-state index contributed by atoms with van der Waals surface area (Å²) < 4.78 is 0. The minimum atomic E-state index is 0.567. The SMILES string of the molecule is C=C/C=C(\C=C/C)Nc1ccc2c(c1)CCCN2CCC1=CNC2=CC=CCC12. The van der Waals surface area contributed by atoms with Gasteiger partial charge in [0.15, 0.2) is 0 Å². The predicted molar refractivity (Wildman–Crippen MR) is 125 cm³/mol. The lowest BCUT2D eigenvalue weighted by atomic mass is 9.90. The molecule has 0 fully saturated rings. The van der Waals surface area contributed by atoms with E-state index < -0.39 is 0 Å². The van der Waals surface area contributed by atoms with Gasteiger partial charge in [-0.25, -0.2) is 0 Å². The molecule has 1 unspecified atom stereocenters. The Balaban J connectivity index is 1.43. The van der Waals surface area contributed by atoms with E-state index in [1.807, 2.05) is 25.2 Å². The van der Waals surface area contributed by atoms with Gasteiger partial charge < -0.3 is 15.5 Å². The normalized spacial score (nSPS) is 20.7. The number of rotatable bonds is 7. The van der Waals surface area contributed by atoms with Crippen LogP contribution in [0.25, 0.3) is 0 Å². The van der Waals surface area contributed by atoms with Crippen LogP contribution in [0.2, 0.25) is 0 Å². The van der Waals surface area contributed by atoms with Gasteiger partial charge in [-0.05, 0) is 80.2 Å². The highest BCUT2D eigenvalue weighted by Crippen LogP contribution is 2.34. The Morgan fingerprint density at radius 1 is 1.38 bits per heavy atom. The number of benzene rings is 1. The van der Waals surface area contributed by atoms with Crippen LogP contribution in [0.15, 0.2) is 90.5 Å². The molecule has 1 aliphatic carbocycles. The Labute approximate surface area is 174 Å². The van der Waals surface area contributed by atoms with Gasteiger partial charge in [-0.3, -0.25) is 0 Å². The number of nitrogens with one attached hydrogen (secondary N) is 2. The molecule has 3 heteroatoms. The molecule has 1 aromatic rings. The number of hydrogen-bond acceptors (Lipinski definition) is 3. The third kappa shape index (κ3) is 4.40. The Kier molecular flexibility index (Phi) is 6.04. The van der Waals surface area contributed by atoms with Crippen LogP contribution in [-0.2, 0) is 6.42 Å². The van der Waals surface area contributed by atoms with Gasteiger partial charge in [0.1, 0.15) is 0 Å². The van der Waals surface area contributed by atoms with E-state index in [1.165, 1.54) is 28.9 Å². The summed E-state index contributed by atoms with van der Waals surface area (Å²) in [5, 5.41) is 6.97. The second-order valence-electron chi connectivity index (χ2n) is 7.87. The fraction of sp³-hybridized carbons (Fsp3) is 0.308. The quantitative estimate of drug-likeness (QED) is 0.578. The number of allylic oxidation sites excluding steroid dienone is 8. The molecule has 3 nitrogen and oxygen atoms in total. The molecule has 0 spiro atoms. The molecule has 0 saturated heterocycles. The molecular weight excluding hydrogens is 354 g/mol. The van der Waals surface area contributed by atoms with Gasteiger partial charge in [-0.1, -0.05) is 30.9 Å². The van der Waals surface area contributed by atoms with Crippen molar-refractivity contribution >= 4 is 11.4 Å². The van der Waals surface area contributed by atoms with Crippen molar-refractivity contribution in [2.45, 2.75) is 32.6 Å². The number of aryl methyl sites for hydroxylation is 1. The smallest absolute Gasteiger partial charge is 0.0400 e. The number of anilines is 2. The summed E-state index contributed by atoms with van der Waals surface area (Å²) in [5.41, 5.74) is 7.94. The highest BCUT2D eigenvalue weighted by molar-refractivity contribution is 5.64. The maximum Gasteiger partial charge on any atom is 0.0400 e. The van der Waals surface area contributed by atoms with Gasteiger partial charge >= 0.3 is 0 Å². The van der Waals surface area contributed by atoms with Gasteiger partial charge in [-0.2, -0.15) is 0 Å². The van der Waals surface area contributed by atoms with Crippen molar-refractivity contribution in [1.82, 2.24) is 5.32 Å². The zero-order valence-corrected chi connectivity index (χ0v) is 17.3. The molecular formula is C26H31N3. The van der Waals surface area contributed by atoms with Crippen LogP contribution in [0.5, 0.6) is 0 Å². The monoisotopic (exact) mass is 385 g/mol. The Hall–Kier alpha value is -2.94. The Bertz CT molecular complexity index is 914. The Morgan fingerprint density at radius 2 is 2.31 bits per heavy atom. The summed E-state index contributed by atoms with van der Waals surface area (Å²) >= 11 is 0. The van der Waals surface area contributed by atoms with E-state index >= 15 is 0 Å². The molecule has 1 atom stereocenters. The van der Waals surface area contributed by atoms with E-state index in [0.29, 0.717) is 5.92 Å². The fourth-order valence-electron chi connectivity index (χ4n) is 4.51. The first-order chi connectivity index (χ1) is 14.3. The molecule has 29 heavy (non-hydrogen) atoms. The largest absolute Gasteiger partial charge is 0.371 e. The van der Waals surface area contributed by atoms with E-state index in [9.17, 15) is 0 Å². The van der Waals surface area contributed by atoms with E-state index in [1.54, 1.807) is 0 Å². The first-order valence-electron chi connectivity index (χ1n) is 10.7. The lowest BCUT2D eigenvalue weighted by Crippen LogP contribution is -2.30. The minimum absolute atomic E-state index is 0.567. The molecule has 2 N–H and O–H groups in total. The molecule has 0 aromatic heterocycles. The van der Waals surface area contributed by atoms with Crippen LogP contribution in [0.4, 0.5) is 11.4 Å². The van der Waals surface area contributed by atoms with Crippen LogP contribution < -0.4 is 15.5 Å². The highest BCUT2D eigenvalue weighted by Gasteiger charge is 2.25. The minimum Gasteiger partial charge on any atom is -0.371 e. The zero-order chi connectivity index (χ0) is 20.1. The topological polar surface area (TPSA) is 27.3 Å². The summed E-state index contributed by atoms with van der Waals surface area (Å²) in [6.07, 6.45) is 21.4. The third-order valence-corrected chi connectivity index (χ3v) is 5.93. The maximum absolute atomic E-state index is 3.81. The average Bonchev–Trinajstić information content (AvgIpc) is 3.15. The van der Waals surface area contributed by atoms with Gasteiger partial charge in [0, 0.05) is 48.0 Å². The lowest BCUT2D eigenvalue weighted by molar-refractivity contribution is 0.647. The first kappa shape index (κ1) is 19.4. The van der Waals surface area contributed by atoms with Crippen LogP contribution in [0.3, 0.4) is 0 Å². The molecule has 2 aliphatic heterocycles. The fourth-order valence-corrected chi connectivity index (χ4v) is 4.51. The lowest BCUT2D eigenvalue weighted by Gasteiger charge is -2.32. The summed E-state index contributed by atoms with van der Waals surface area (Å²) in [5.74, 6) is 0.567. The molecule has 1 aromatic carbocycles. The molecule has 0 radical (unpaired) electrons. The average molecular weight is 386 g/mol. The van der Waals surface area contributed by atoms with Crippen molar-refractivity contribution in [2.75, 3.05) is 23.3 Å². The van der Waals surface area contributed by atoms with Crippen molar-refractivity contribution in [3.63, 3.8) is 0 Å². The van der Waals surface area contributed by atoms with Gasteiger partial charge in [-0.15, -0.1) is 0 Å². The van der Waals surface area contributed by atoms with Crippen LogP contribution in [-0.4, -0.2) is 13.1 Å². The standard InChI is InChI=1S/C26H31N3/c1-3-8-22(9-4-2)28-23-13-14-26-20(18-23)10-7-16-29(26)17-15-21-19-27-25-12-6-5-11-24(21)25/h3-6,8-9,12-14,18-19,24,27-28H,1,7,10-11,15-17H2,2H3/b9-4-,22-8+.